The second kappa shape index (κ2) is 6.49. The van der Waals surface area contributed by atoms with E-state index in [-0.39, 0.29) is 6.10 Å². The van der Waals surface area contributed by atoms with Crippen molar-refractivity contribution < 1.29 is 5.11 Å². The highest BCUT2D eigenvalue weighted by atomic mass is 16.3. The number of nitrogens with zero attached hydrogens (tertiary/aromatic N) is 1. The van der Waals surface area contributed by atoms with Crippen molar-refractivity contribution in [2.75, 3.05) is 13.6 Å². The van der Waals surface area contributed by atoms with Gasteiger partial charge in [-0.25, -0.2) is 0 Å². The molecule has 1 rings (SSSR count). The van der Waals surface area contributed by atoms with Crippen molar-refractivity contribution in [2.45, 2.75) is 64.5 Å². The van der Waals surface area contributed by atoms with Gasteiger partial charge in [-0.1, -0.05) is 26.2 Å². The average Bonchev–Trinajstić information content (AvgIpc) is 2.21. The molecule has 0 aromatic rings. The fourth-order valence-electron chi connectivity index (χ4n) is 2.59. The Morgan fingerprint density at radius 2 is 2.00 bits per heavy atom. The molecule has 0 aromatic carbocycles. The SMILES string of the molecule is CCCC(C)N(C)CC1CCCCC1O. The normalized spacial score (nSPS) is 29.4. The van der Waals surface area contributed by atoms with Gasteiger partial charge in [0.25, 0.3) is 0 Å². The van der Waals surface area contributed by atoms with Gasteiger partial charge in [0.2, 0.25) is 0 Å². The fourth-order valence-corrected chi connectivity index (χ4v) is 2.59. The molecule has 15 heavy (non-hydrogen) atoms. The Hall–Kier alpha value is -0.0800. The summed E-state index contributed by atoms with van der Waals surface area (Å²) in [5.74, 6) is 0.517. The van der Waals surface area contributed by atoms with Crippen molar-refractivity contribution in [1.29, 1.82) is 0 Å². The third kappa shape index (κ3) is 4.12. The van der Waals surface area contributed by atoms with E-state index in [4.69, 9.17) is 0 Å². The van der Waals surface area contributed by atoms with Gasteiger partial charge in [0.15, 0.2) is 0 Å². The van der Waals surface area contributed by atoms with Gasteiger partial charge in [-0.05, 0) is 39.2 Å². The number of aliphatic hydroxyl groups excluding tert-OH is 1. The standard InChI is InChI=1S/C13H27NO/c1-4-7-11(2)14(3)10-12-8-5-6-9-13(12)15/h11-13,15H,4-10H2,1-3H3. The molecule has 1 aliphatic rings. The molecule has 90 valence electrons. The van der Waals surface area contributed by atoms with Gasteiger partial charge in [0.1, 0.15) is 0 Å². The average molecular weight is 213 g/mol. The molecule has 1 aliphatic carbocycles. The molecule has 1 saturated carbocycles. The molecule has 3 unspecified atom stereocenters. The summed E-state index contributed by atoms with van der Waals surface area (Å²) in [6, 6.07) is 0.657. The molecular formula is C13H27NO. The summed E-state index contributed by atoms with van der Waals surface area (Å²) in [7, 11) is 2.20. The van der Waals surface area contributed by atoms with Crippen molar-refractivity contribution in [1.82, 2.24) is 4.90 Å². The zero-order valence-corrected chi connectivity index (χ0v) is 10.6. The first-order valence-electron chi connectivity index (χ1n) is 6.53. The van der Waals surface area contributed by atoms with Gasteiger partial charge in [0, 0.05) is 12.6 Å². The highest BCUT2D eigenvalue weighted by Crippen LogP contribution is 2.25. The van der Waals surface area contributed by atoms with Gasteiger partial charge < -0.3 is 10.0 Å². The van der Waals surface area contributed by atoms with E-state index < -0.39 is 0 Å². The lowest BCUT2D eigenvalue weighted by Gasteiger charge is -2.33. The first-order chi connectivity index (χ1) is 7.15. The van der Waals surface area contributed by atoms with Gasteiger partial charge >= 0.3 is 0 Å². The highest BCUT2D eigenvalue weighted by molar-refractivity contribution is 4.78. The maximum atomic E-state index is 9.90. The Bertz CT molecular complexity index is 172. The van der Waals surface area contributed by atoms with Crippen LogP contribution in [0.5, 0.6) is 0 Å². The summed E-state index contributed by atoms with van der Waals surface area (Å²) in [6.45, 7) is 5.60. The zero-order chi connectivity index (χ0) is 11.3. The number of hydrogen-bond donors (Lipinski definition) is 1. The second-order valence-electron chi connectivity index (χ2n) is 5.19. The quantitative estimate of drug-likeness (QED) is 0.759. The molecule has 2 nitrogen and oxygen atoms in total. The van der Waals surface area contributed by atoms with E-state index >= 15 is 0 Å². The summed E-state index contributed by atoms with van der Waals surface area (Å²) in [5, 5.41) is 9.90. The molecule has 1 N–H and O–H groups in total. The third-order valence-corrected chi connectivity index (χ3v) is 3.85. The Balaban J connectivity index is 2.32. The lowest BCUT2D eigenvalue weighted by atomic mass is 9.86. The summed E-state index contributed by atoms with van der Waals surface area (Å²) in [5.41, 5.74) is 0. The third-order valence-electron chi connectivity index (χ3n) is 3.85. The second-order valence-corrected chi connectivity index (χ2v) is 5.19. The topological polar surface area (TPSA) is 23.5 Å². The van der Waals surface area contributed by atoms with Crippen molar-refractivity contribution in [3.8, 4) is 0 Å². The summed E-state index contributed by atoms with van der Waals surface area (Å²) in [4.78, 5) is 2.42. The summed E-state index contributed by atoms with van der Waals surface area (Å²) < 4.78 is 0. The molecule has 0 amide bonds. The van der Waals surface area contributed by atoms with Crippen LogP contribution in [0, 0.1) is 5.92 Å². The summed E-state index contributed by atoms with van der Waals surface area (Å²) in [6.07, 6.45) is 7.21. The molecule has 0 heterocycles. The number of aliphatic hydroxyl groups is 1. The monoisotopic (exact) mass is 213 g/mol. The Morgan fingerprint density at radius 1 is 1.33 bits per heavy atom. The van der Waals surface area contributed by atoms with Crippen LogP contribution in [0.3, 0.4) is 0 Å². The molecular weight excluding hydrogens is 186 g/mol. The lowest BCUT2D eigenvalue weighted by molar-refractivity contribution is 0.0440. The number of hydrogen-bond acceptors (Lipinski definition) is 2. The number of rotatable bonds is 5. The van der Waals surface area contributed by atoms with E-state index in [1.54, 1.807) is 0 Å². The predicted octanol–water partition coefficient (Wildman–Crippen LogP) is 2.66. The molecule has 0 saturated heterocycles. The molecule has 0 spiro atoms. The van der Waals surface area contributed by atoms with Crippen LogP contribution in [0.1, 0.15) is 52.4 Å². The minimum Gasteiger partial charge on any atom is -0.393 e. The maximum Gasteiger partial charge on any atom is 0.0580 e. The van der Waals surface area contributed by atoms with Gasteiger partial charge in [-0.2, -0.15) is 0 Å². The fraction of sp³-hybridized carbons (Fsp3) is 1.00. The molecule has 2 heteroatoms. The lowest BCUT2D eigenvalue weighted by Crippen LogP contribution is -2.39. The molecule has 0 aliphatic heterocycles. The van der Waals surface area contributed by atoms with Gasteiger partial charge in [-0.3, -0.25) is 0 Å². The van der Waals surface area contributed by atoms with E-state index in [2.05, 4.69) is 25.8 Å². The van der Waals surface area contributed by atoms with Gasteiger partial charge in [0.05, 0.1) is 6.10 Å². The first kappa shape index (κ1) is 13.0. The van der Waals surface area contributed by atoms with Crippen molar-refractivity contribution in [3.05, 3.63) is 0 Å². The maximum absolute atomic E-state index is 9.90. The molecule has 0 aromatic heterocycles. The Kier molecular flexibility index (Phi) is 5.62. The van der Waals surface area contributed by atoms with E-state index in [9.17, 15) is 5.11 Å². The molecule has 0 bridgehead atoms. The van der Waals surface area contributed by atoms with Crippen molar-refractivity contribution in [2.24, 2.45) is 5.92 Å². The van der Waals surface area contributed by atoms with E-state index in [0.29, 0.717) is 12.0 Å². The van der Waals surface area contributed by atoms with Gasteiger partial charge in [-0.15, -0.1) is 0 Å². The Labute approximate surface area is 94.7 Å². The molecule has 0 radical (unpaired) electrons. The molecule has 1 fully saturated rings. The van der Waals surface area contributed by atoms with Crippen LogP contribution in [0.4, 0.5) is 0 Å². The van der Waals surface area contributed by atoms with Crippen LogP contribution in [-0.2, 0) is 0 Å². The zero-order valence-electron chi connectivity index (χ0n) is 10.6. The van der Waals surface area contributed by atoms with Crippen LogP contribution in [0.25, 0.3) is 0 Å². The van der Waals surface area contributed by atoms with Crippen LogP contribution < -0.4 is 0 Å². The minimum atomic E-state index is -0.0463. The smallest absolute Gasteiger partial charge is 0.0580 e. The molecule has 3 atom stereocenters. The van der Waals surface area contributed by atoms with Crippen molar-refractivity contribution in [3.63, 3.8) is 0 Å². The largest absolute Gasteiger partial charge is 0.393 e. The minimum absolute atomic E-state index is 0.0463. The van der Waals surface area contributed by atoms with Crippen LogP contribution in [0.15, 0.2) is 0 Å². The predicted molar refractivity (Wildman–Crippen MR) is 65.0 cm³/mol. The van der Waals surface area contributed by atoms with Crippen LogP contribution in [0.2, 0.25) is 0 Å². The van der Waals surface area contributed by atoms with E-state index in [1.807, 2.05) is 0 Å². The van der Waals surface area contributed by atoms with E-state index in [1.165, 1.54) is 32.1 Å². The van der Waals surface area contributed by atoms with Crippen molar-refractivity contribution >= 4 is 0 Å². The van der Waals surface area contributed by atoms with E-state index in [0.717, 1.165) is 13.0 Å². The highest BCUT2D eigenvalue weighted by Gasteiger charge is 2.25. The van der Waals surface area contributed by atoms with Crippen LogP contribution >= 0.6 is 0 Å². The summed E-state index contributed by atoms with van der Waals surface area (Å²) >= 11 is 0. The first-order valence-corrected chi connectivity index (χ1v) is 6.53. The van der Waals surface area contributed by atoms with Crippen LogP contribution in [-0.4, -0.2) is 35.7 Å². The Morgan fingerprint density at radius 3 is 2.60 bits per heavy atom.